The van der Waals surface area contributed by atoms with E-state index in [1.54, 1.807) is 0 Å². The fourth-order valence-electron chi connectivity index (χ4n) is 5.97. The lowest BCUT2D eigenvalue weighted by Crippen LogP contribution is -2.41. The number of hydrogen-bond acceptors (Lipinski definition) is 4. The molecule has 0 radical (unpaired) electrons. The van der Waals surface area contributed by atoms with E-state index >= 15 is 0 Å². The topological polar surface area (TPSA) is 31.6 Å². The minimum Gasteiger partial charge on any atom is -0.455 e. The standard InChI is InChI=1S/C34H27BO3S/c1-33(2)34(3,4)38-35(37-33)26-12-8-14-29-31(26)30-22(11-7-13-28(30)39-29)21-16-17-24-25-18-15-20-9-5-6-10-23(20)32(25)36-27(24)19-21/h5-19H,1-4H3. The van der Waals surface area contributed by atoms with Gasteiger partial charge in [0.1, 0.15) is 11.2 Å². The van der Waals surface area contributed by atoms with Gasteiger partial charge in [0.05, 0.1) is 11.2 Å². The number of furan rings is 1. The van der Waals surface area contributed by atoms with E-state index in [1.165, 1.54) is 31.1 Å². The summed E-state index contributed by atoms with van der Waals surface area (Å²) < 4.78 is 22.0. The molecule has 1 aliphatic heterocycles. The number of hydrogen-bond donors (Lipinski definition) is 0. The second-order valence-electron chi connectivity index (χ2n) is 11.6. The predicted molar refractivity (Wildman–Crippen MR) is 165 cm³/mol. The van der Waals surface area contributed by atoms with Crippen LogP contribution in [0.15, 0.2) is 95.4 Å². The highest BCUT2D eigenvalue weighted by molar-refractivity contribution is 7.26. The predicted octanol–water partition coefficient (Wildman–Crippen LogP) is 9.07. The Morgan fingerprint density at radius 1 is 0.641 bits per heavy atom. The molecule has 0 N–H and O–H groups in total. The second kappa shape index (κ2) is 7.95. The molecule has 3 heterocycles. The first-order chi connectivity index (χ1) is 18.8. The van der Waals surface area contributed by atoms with E-state index < -0.39 is 18.3 Å². The van der Waals surface area contributed by atoms with E-state index in [2.05, 4.69) is 119 Å². The van der Waals surface area contributed by atoms with Gasteiger partial charge >= 0.3 is 7.12 Å². The van der Waals surface area contributed by atoms with Gasteiger partial charge in [-0.2, -0.15) is 0 Å². The van der Waals surface area contributed by atoms with Crippen LogP contribution in [0, 0.1) is 0 Å². The Hall–Kier alpha value is -3.64. The van der Waals surface area contributed by atoms with Crippen LogP contribution in [-0.4, -0.2) is 18.3 Å². The molecule has 1 fully saturated rings. The maximum absolute atomic E-state index is 6.52. The number of rotatable bonds is 2. The van der Waals surface area contributed by atoms with Crippen molar-refractivity contribution in [1.82, 2.24) is 0 Å². The SMILES string of the molecule is CC1(C)OB(c2cccc3sc4cccc(-c5ccc6c(c5)oc5c7ccccc7ccc65)c4c23)OC1(C)C. The fraction of sp³-hybridized carbons (Fsp3) is 0.176. The van der Waals surface area contributed by atoms with Crippen LogP contribution in [0.1, 0.15) is 27.7 Å². The molecule has 0 saturated carbocycles. The Balaban J connectivity index is 1.36. The average Bonchev–Trinajstić information content (AvgIpc) is 3.56. The molecule has 2 aromatic heterocycles. The Morgan fingerprint density at radius 3 is 2.18 bits per heavy atom. The smallest absolute Gasteiger partial charge is 0.455 e. The van der Waals surface area contributed by atoms with Crippen LogP contribution in [0.25, 0.3) is 64.0 Å². The van der Waals surface area contributed by atoms with E-state index in [9.17, 15) is 0 Å². The third kappa shape index (κ3) is 3.30. The highest BCUT2D eigenvalue weighted by Crippen LogP contribution is 2.43. The zero-order chi connectivity index (χ0) is 26.5. The number of thiophene rings is 1. The van der Waals surface area contributed by atoms with E-state index in [0.717, 1.165) is 38.4 Å². The van der Waals surface area contributed by atoms with E-state index in [-0.39, 0.29) is 0 Å². The van der Waals surface area contributed by atoms with Crippen LogP contribution >= 0.6 is 11.3 Å². The monoisotopic (exact) mass is 526 g/mol. The summed E-state index contributed by atoms with van der Waals surface area (Å²) in [7, 11) is -0.421. The Morgan fingerprint density at radius 2 is 1.36 bits per heavy atom. The van der Waals surface area contributed by atoms with Gasteiger partial charge in [0, 0.05) is 36.3 Å². The fourth-order valence-corrected chi connectivity index (χ4v) is 7.14. The summed E-state index contributed by atoms with van der Waals surface area (Å²) in [5.74, 6) is 0. The lowest BCUT2D eigenvalue weighted by Gasteiger charge is -2.32. The molecule has 7 aromatic rings. The summed E-state index contributed by atoms with van der Waals surface area (Å²) >= 11 is 1.82. The first kappa shape index (κ1) is 23.3. The van der Waals surface area contributed by atoms with Gasteiger partial charge in [0.25, 0.3) is 0 Å². The second-order valence-corrected chi connectivity index (χ2v) is 12.6. The normalized spacial score (nSPS) is 16.9. The summed E-state index contributed by atoms with van der Waals surface area (Å²) in [5, 5.41) is 7.07. The van der Waals surface area contributed by atoms with Crippen molar-refractivity contribution in [3.63, 3.8) is 0 Å². The largest absolute Gasteiger partial charge is 0.495 e. The zero-order valence-corrected chi connectivity index (χ0v) is 23.2. The summed E-state index contributed by atoms with van der Waals surface area (Å²) in [4.78, 5) is 0. The van der Waals surface area contributed by atoms with Crippen molar-refractivity contribution in [3.8, 4) is 11.1 Å². The van der Waals surface area contributed by atoms with Crippen LogP contribution < -0.4 is 5.46 Å². The minimum absolute atomic E-state index is 0.398. The van der Waals surface area contributed by atoms with Crippen LogP contribution in [0.4, 0.5) is 0 Å². The van der Waals surface area contributed by atoms with E-state index in [1.807, 2.05) is 11.3 Å². The molecule has 5 heteroatoms. The first-order valence-corrected chi connectivity index (χ1v) is 14.3. The van der Waals surface area contributed by atoms with Gasteiger partial charge in [-0.15, -0.1) is 11.3 Å². The molecule has 5 aromatic carbocycles. The summed E-state index contributed by atoms with van der Waals surface area (Å²) in [6, 6.07) is 32.4. The quantitative estimate of drug-likeness (QED) is 0.211. The van der Waals surface area contributed by atoms with Crippen molar-refractivity contribution in [2.75, 3.05) is 0 Å². The van der Waals surface area contributed by atoms with Gasteiger partial charge in [-0.05, 0) is 80.0 Å². The van der Waals surface area contributed by atoms with Crippen molar-refractivity contribution >= 4 is 76.8 Å². The van der Waals surface area contributed by atoms with Gasteiger partial charge in [-0.3, -0.25) is 0 Å². The molecule has 0 unspecified atom stereocenters. The molecule has 0 bridgehead atoms. The van der Waals surface area contributed by atoms with Crippen molar-refractivity contribution < 1.29 is 13.7 Å². The van der Waals surface area contributed by atoms with E-state index in [0.29, 0.717) is 0 Å². The Bertz CT molecular complexity index is 2080. The maximum atomic E-state index is 6.52. The van der Waals surface area contributed by atoms with Gasteiger partial charge in [0.2, 0.25) is 0 Å². The van der Waals surface area contributed by atoms with Crippen molar-refractivity contribution in [3.05, 3.63) is 91.0 Å². The molecule has 39 heavy (non-hydrogen) atoms. The average molecular weight is 526 g/mol. The van der Waals surface area contributed by atoms with Crippen LogP contribution in [0.2, 0.25) is 0 Å². The molecule has 0 amide bonds. The van der Waals surface area contributed by atoms with Gasteiger partial charge in [0.15, 0.2) is 0 Å². The lowest BCUT2D eigenvalue weighted by atomic mass is 9.76. The van der Waals surface area contributed by atoms with Crippen molar-refractivity contribution in [2.24, 2.45) is 0 Å². The Labute approximate surface area is 231 Å². The third-order valence-electron chi connectivity index (χ3n) is 8.74. The molecule has 8 rings (SSSR count). The van der Waals surface area contributed by atoms with Crippen LogP contribution in [0.5, 0.6) is 0 Å². The summed E-state index contributed by atoms with van der Waals surface area (Å²) in [6.07, 6.45) is 0. The molecule has 3 nitrogen and oxygen atoms in total. The molecular formula is C34H27BO3S. The van der Waals surface area contributed by atoms with Crippen molar-refractivity contribution in [2.45, 2.75) is 38.9 Å². The first-order valence-electron chi connectivity index (χ1n) is 13.4. The number of benzene rings is 5. The van der Waals surface area contributed by atoms with Gasteiger partial charge < -0.3 is 13.7 Å². The minimum atomic E-state index is -0.421. The molecule has 0 aliphatic carbocycles. The van der Waals surface area contributed by atoms with Gasteiger partial charge in [-0.25, -0.2) is 0 Å². The van der Waals surface area contributed by atoms with Crippen LogP contribution in [0.3, 0.4) is 0 Å². The molecule has 0 spiro atoms. The Kier molecular flexibility index (Phi) is 4.74. The van der Waals surface area contributed by atoms with Crippen molar-refractivity contribution in [1.29, 1.82) is 0 Å². The highest BCUT2D eigenvalue weighted by atomic mass is 32.1. The molecule has 190 valence electrons. The zero-order valence-electron chi connectivity index (χ0n) is 22.4. The van der Waals surface area contributed by atoms with Crippen LogP contribution in [-0.2, 0) is 9.31 Å². The molecule has 1 aliphatic rings. The molecule has 1 saturated heterocycles. The third-order valence-corrected chi connectivity index (χ3v) is 9.86. The lowest BCUT2D eigenvalue weighted by molar-refractivity contribution is 0.00578. The van der Waals surface area contributed by atoms with Gasteiger partial charge in [-0.1, -0.05) is 60.7 Å². The molecular weight excluding hydrogens is 499 g/mol. The van der Waals surface area contributed by atoms with E-state index in [4.69, 9.17) is 13.7 Å². The maximum Gasteiger partial charge on any atom is 0.495 e. The highest BCUT2D eigenvalue weighted by Gasteiger charge is 2.52. The summed E-state index contributed by atoms with van der Waals surface area (Å²) in [5.41, 5.74) is 4.47. The molecule has 0 atom stereocenters. The number of fused-ring (bicyclic) bond motifs is 8. The summed E-state index contributed by atoms with van der Waals surface area (Å²) in [6.45, 7) is 8.43.